The van der Waals surface area contributed by atoms with Gasteiger partial charge in [-0.2, -0.15) is 0 Å². The van der Waals surface area contributed by atoms with Crippen LogP contribution in [0.1, 0.15) is 83.5 Å². The van der Waals surface area contributed by atoms with E-state index in [1.54, 1.807) is 0 Å². The van der Waals surface area contributed by atoms with Crippen molar-refractivity contribution in [3.05, 3.63) is 320 Å². The van der Waals surface area contributed by atoms with Gasteiger partial charge in [-0.3, -0.25) is 0 Å². The molecule has 0 saturated heterocycles. The molecule has 0 bridgehead atoms. The van der Waals surface area contributed by atoms with Gasteiger partial charge in [0.25, 0.3) is 0 Å². The Morgan fingerprint density at radius 3 is 0.583 bits per heavy atom. The van der Waals surface area contributed by atoms with Crippen LogP contribution in [0.4, 0.5) is 0 Å². The third kappa shape index (κ3) is 8.26. The zero-order valence-electron chi connectivity index (χ0n) is 39.7. The number of benzene rings is 10. The van der Waals surface area contributed by atoms with E-state index in [0.717, 1.165) is 16.7 Å². The summed E-state index contributed by atoms with van der Waals surface area (Å²) in [6, 6.07) is 86.5. The molecule has 0 heteroatoms. The van der Waals surface area contributed by atoms with Crippen LogP contribution in [0, 0.1) is 0 Å². The quantitative estimate of drug-likeness (QED) is 0.156. The van der Waals surface area contributed by atoms with Crippen molar-refractivity contribution >= 4 is 71.4 Å². The van der Waals surface area contributed by atoms with Gasteiger partial charge in [0.05, 0.1) is 0 Å². The molecule has 10 aromatic rings. The van der Waals surface area contributed by atoms with Crippen molar-refractivity contribution in [3.8, 4) is 33.4 Å². The average Bonchev–Trinajstić information content (AvgIpc) is 3.78. The number of hydrogen-bond donors (Lipinski definition) is 0. The van der Waals surface area contributed by atoms with Gasteiger partial charge in [0, 0.05) is 0 Å². The highest BCUT2D eigenvalue weighted by Gasteiger charge is 2.18. The lowest BCUT2D eigenvalue weighted by molar-refractivity contribution is 1.52. The summed E-state index contributed by atoms with van der Waals surface area (Å²) < 4.78 is 0. The Morgan fingerprint density at radius 2 is 0.375 bits per heavy atom. The highest BCUT2D eigenvalue weighted by molar-refractivity contribution is 6.03. The zero-order chi connectivity index (χ0) is 47.8. The van der Waals surface area contributed by atoms with Crippen LogP contribution < -0.4 is 0 Å². The molecule has 336 valence electrons. The smallest absolute Gasteiger partial charge is 0.00934 e. The van der Waals surface area contributed by atoms with Crippen LogP contribution in [0.15, 0.2) is 237 Å². The summed E-state index contributed by atoms with van der Waals surface area (Å²) in [6.45, 7) is 0. The molecule has 0 aromatic heterocycles. The highest BCUT2D eigenvalue weighted by Crippen LogP contribution is 2.40. The molecular weight excluding hydrogens is 865 g/mol. The largest absolute Gasteiger partial charge is 0.0616 e. The van der Waals surface area contributed by atoms with E-state index in [0.29, 0.717) is 0 Å². The average molecular weight is 913 g/mol. The van der Waals surface area contributed by atoms with Gasteiger partial charge in [0.15, 0.2) is 0 Å². The van der Waals surface area contributed by atoms with Gasteiger partial charge in [0.2, 0.25) is 0 Å². The first kappa shape index (κ1) is 42.7. The molecule has 0 nitrogen and oxygen atoms in total. The first-order chi connectivity index (χ1) is 35.6. The first-order valence-electron chi connectivity index (χ1n) is 24.9. The molecule has 0 atom stereocenters. The lowest BCUT2D eigenvalue weighted by Gasteiger charge is -2.14. The predicted molar refractivity (Wildman–Crippen MR) is 309 cm³/mol. The molecule has 0 radical (unpaired) electrons. The van der Waals surface area contributed by atoms with Gasteiger partial charge >= 0.3 is 0 Å². The fourth-order valence-electron chi connectivity index (χ4n) is 10.7. The minimum Gasteiger partial charge on any atom is -0.0616 e. The standard InChI is InChI=1S/C72H48/c1-7-19-64-55(13-1)37-38-56-14-2-8-20-65(56)70(64)43-49-25-31-52(32-26-49)61-46-62(53-33-27-50(28-34-53)44-71-66-21-9-3-15-57(66)39-40-58-16-4-10-22-67(58)71)48-63(47-61)54-35-29-51(30-36-54)45-72-68-23-11-5-17-59(68)41-42-60-18-6-12-24-69(60)72/h1-48H. The summed E-state index contributed by atoms with van der Waals surface area (Å²) in [7, 11) is 0. The molecule has 0 N–H and O–H groups in total. The monoisotopic (exact) mass is 912 g/mol. The van der Waals surface area contributed by atoms with Crippen LogP contribution in [-0.4, -0.2) is 0 Å². The second kappa shape index (κ2) is 18.5. The predicted octanol–water partition coefficient (Wildman–Crippen LogP) is 18.9. The van der Waals surface area contributed by atoms with Gasteiger partial charge in [-0.05, 0) is 170 Å². The third-order valence-corrected chi connectivity index (χ3v) is 14.4. The Kier molecular flexibility index (Phi) is 11.0. The maximum atomic E-state index is 2.35. The Morgan fingerprint density at radius 1 is 0.181 bits per heavy atom. The van der Waals surface area contributed by atoms with E-state index in [2.05, 4.69) is 291 Å². The van der Waals surface area contributed by atoms with Crippen LogP contribution in [0.25, 0.3) is 105 Å². The summed E-state index contributed by atoms with van der Waals surface area (Å²) in [4.78, 5) is 0. The molecule has 13 rings (SSSR count). The molecule has 0 unspecified atom stereocenters. The van der Waals surface area contributed by atoms with Crippen molar-refractivity contribution in [2.45, 2.75) is 0 Å². The molecule has 0 saturated carbocycles. The maximum absolute atomic E-state index is 2.35. The molecule has 3 aliphatic rings. The Labute approximate surface area is 422 Å². The van der Waals surface area contributed by atoms with E-state index in [1.807, 2.05) is 0 Å². The fourth-order valence-corrected chi connectivity index (χ4v) is 10.7. The second-order valence-electron chi connectivity index (χ2n) is 18.9. The topological polar surface area (TPSA) is 0 Å². The van der Waals surface area contributed by atoms with E-state index < -0.39 is 0 Å². The number of rotatable bonds is 6. The molecular formula is C72H48. The van der Waals surface area contributed by atoms with E-state index in [4.69, 9.17) is 0 Å². The SMILES string of the molecule is C1=Cc2ccccc2C(=Cc2ccc(-c3cc(-c4ccc(C=C5c6ccccc6C=Cc6ccccc65)cc4)cc(-c4ccc(C=C5c6ccccc6C=Cc6ccccc65)cc4)c3)cc2)c2ccccc21. The second-order valence-corrected chi connectivity index (χ2v) is 18.9. The molecule has 72 heavy (non-hydrogen) atoms. The fraction of sp³-hybridized carbons (Fsp3) is 0. The van der Waals surface area contributed by atoms with Gasteiger partial charge in [-0.1, -0.05) is 255 Å². The van der Waals surface area contributed by atoms with Crippen LogP contribution in [-0.2, 0) is 0 Å². The molecule has 3 aliphatic carbocycles. The summed E-state index contributed by atoms with van der Waals surface area (Å²) >= 11 is 0. The Balaban J connectivity index is 0.889. The van der Waals surface area contributed by atoms with E-state index in [1.165, 1.54) is 117 Å². The van der Waals surface area contributed by atoms with E-state index in [-0.39, 0.29) is 0 Å². The molecule has 0 heterocycles. The van der Waals surface area contributed by atoms with E-state index in [9.17, 15) is 0 Å². The normalized spacial score (nSPS) is 12.8. The molecule has 10 aromatic carbocycles. The van der Waals surface area contributed by atoms with Gasteiger partial charge in [0.1, 0.15) is 0 Å². The number of fused-ring (bicyclic) bond motifs is 6. The zero-order valence-corrected chi connectivity index (χ0v) is 39.7. The Bertz CT molecular complexity index is 3340. The minimum absolute atomic E-state index is 1.16. The minimum atomic E-state index is 1.16. The summed E-state index contributed by atoms with van der Waals surface area (Å²) in [5.41, 5.74) is 29.0. The van der Waals surface area contributed by atoms with Crippen molar-refractivity contribution < 1.29 is 0 Å². The summed E-state index contributed by atoms with van der Waals surface area (Å²) in [5, 5.41) is 0. The van der Waals surface area contributed by atoms with Crippen molar-refractivity contribution in [1.82, 2.24) is 0 Å². The van der Waals surface area contributed by atoms with Crippen LogP contribution in [0.2, 0.25) is 0 Å². The maximum Gasteiger partial charge on any atom is -0.00934 e. The highest BCUT2D eigenvalue weighted by atomic mass is 14.2. The van der Waals surface area contributed by atoms with Crippen molar-refractivity contribution in [3.63, 3.8) is 0 Å². The summed E-state index contributed by atoms with van der Waals surface area (Å²) in [5.74, 6) is 0. The van der Waals surface area contributed by atoms with Crippen LogP contribution >= 0.6 is 0 Å². The summed E-state index contributed by atoms with van der Waals surface area (Å²) in [6.07, 6.45) is 20.4. The van der Waals surface area contributed by atoms with E-state index >= 15 is 0 Å². The lowest BCUT2D eigenvalue weighted by Crippen LogP contribution is -1.92. The first-order valence-corrected chi connectivity index (χ1v) is 24.9. The number of hydrogen-bond acceptors (Lipinski definition) is 0. The third-order valence-electron chi connectivity index (χ3n) is 14.4. The van der Waals surface area contributed by atoms with Crippen molar-refractivity contribution in [1.29, 1.82) is 0 Å². The van der Waals surface area contributed by atoms with Gasteiger partial charge in [-0.15, -0.1) is 0 Å². The molecule has 0 fully saturated rings. The molecule has 0 spiro atoms. The molecule has 0 aliphatic heterocycles. The van der Waals surface area contributed by atoms with Gasteiger partial charge < -0.3 is 0 Å². The van der Waals surface area contributed by atoms with Crippen molar-refractivity contribution in [2.24, 2.45) is 0 Å². The van der Waals surface area contributed by atoms with Gasteiger partial charge in [-0.25, -0.2) is 0 Å². The van der Waals surface area contributed by atoms with Crippen molar-refractivity contribution in [2.75, 3.05) is 0 Å². The lowest BCUT2D eigenvalue weighted by atomic mass is 9.90. The van der Waals surface area contributed by atoms with Crippen LogP contribution in [0.5, 0.6) is 0 Å². The van der Waals surface area contributed by atoms with Crippen LogP contribution in [0.3, 0.4) is 0 Å². The Hall–Kier alpha value is -9.36. The molecule has 0 amide bonds.